The number of halogens is 1. The predicted molar refractivity (Wildman–Crippen MR) is 82.2 cm³/mol. The van der Waals surface area contributed by atoms with Gasteiger partial charge >= 0.3 is 0 Å². The zero-order valence-corrected chi connectivity index (χ0v) is 13.0. The summed E-state index contributed by atoms with van der Waals surface area (Å²) in [6, 6.07) is 5.13. The van der Waals surface area contributed by atoms with Crippen LogP contribution >= 0.6 is 0 Å². The van der Waals surface area contributed by atoms with Crippen molar-refractivity contribution in [3.8, 4) is 5.75 Å². The molecule has 1 saturated heterocycles. The summed E-state index contributed by atoms with van der Waals surface area (Å²) in [6.07, 6.45) is 4.52. The molecule has 0 aromatic heterocycles. The molecule has 21 heavy (non-hydrogen) atoms. The van der Waals surface area contributed by atoms with Gasteiger partial charge in [0.2, 0.25) is 0 Å². The third-order valence-electron chi connectivity index (χ3n) is 3.85. The summed E-state index contributed by atoms with van der Waals surface area (Å²) in [6.45, 7) is 6.27. The fraction of sp³-hybridized carbons (Fsp3) is 0.647. The van der Waals surface area contributed by atoms with Crippen molar-refractivity contribution in [3.05, 3.63) is 29.6 Å². The summed E-state index contributed by atoms with van der Waals surface area (Å²) in [5.41, 5.74) is 0.685. The van der Waals surface area contributed by atoms with Gasteiger partial charge in [-0.15, -0.1) is 0 Å². The molecule has 1 aromatic rings. The van der Waals surface area contributed by atoms with Crippen molar-refractivity contribution in [2.75, 3.05) is 19.8 Å². The molecular weight excluding hydrogens is 269 g/mol. The van der Waals surface area contributed by atoms with Crippen LogP contribution in [-0.4, -0.2) is 25.9 Å². The summed E-state index contributed by atoms with van der Waals surface area (Å²) in [4.78, 5) is 0. The Bertz CT molecular complexity index is 433. The average molecular weight is 295 g/mol. The Labute approximate surface area is 126 Å². The lowest BCUT2D eigenvalue weighted by Gasteiger charge is -2.22. The molecule has 2 atom stereocenters. The molecule has 0 aliphatic carbocycles. The molecule has 0 saturated carbocycles. The number of ether oxygens (including phenoxy) is 2. The van der Waals surface area contributed by atoms with Crippen LogP contribution in [0.3, 0.4) is 0 Å². The van der Waals surface area contributed by atoms with Gasteiger partial charge in [0.15, 0.2) is 0 Å². The fourth-order valence-corrected chi connectivity index (χ4v) is 2.55. The molecule has 0 bridgehead atoms. The zero-order chi connectivity index (χ0) is 15.1. The van der Waals surface area contributed by atoms with Gasteiger partial charge in [-0.1, -0.05) is 13.0 Å². The standard InChI is InChI=1S/C17H26FNO2/c1-3-9-19-13(2)16-8-7-14(11-17(16)18)21-12-15-6-4-5-10-20-15/h7-8,11,13,15,19H,3-6,9-10,12H2,1-2H3. The Kier molecular flexibility index (Phi) is 6.46. The third-order valence-corrected chi connectivity index (χ3v) is 3.85. The van der Waals surface area contributed by atoms with E-state index in [1.54, 1.807) is 6.07 Å². The Balaban J connectivity index is 1.88. The van der Waals surface area contributed by atoms with Gasteiger partial charge in [0.05, 0.1) is 6.10 Å². The second-order valence-corrected chi connectivity index (χ2v) is 5.66. The van der Waals surface area contributed by atoms with E-state index in [-0.39, 0.29) is 18.0 Å². The van der Waals surface area contributed by atoms with E-state index in [1.165, 1.54) is 12.5 Å². The first-order valence-corrected chi connectivity index (χ1v) is 7.98. The molecule has 1 aliphatic rings. The van der Waals surface area contributed by atoms with Crippen LogP contribution in [0.15, 0.2) is 18.2 Å². The van der Waals surface area contributed by atoms with E-state index in [0.29, 0.717) is 17.9 Å². The first kappa shape index (κ1) is 16.2. The molecule has 1 heterocycles. The SMILES string of the molecule is CCCNC(C)c1ccc(OCC2CCCCO2)cc1F. The van der Waals surface area contributed by atoms with E-state index in [2.05, 4.69) is 12.2 Å². The predicted octanol–water partition coefficient (Wildman–Crippen LogP) is 3.83. The Morgan fingerprint density at radius 1 is 1.43 bits per heavy atom. The van der Waals surface area contributed by atoms with Crippen molar-refractivity contribution in [2.45, 2.75) is 51.7 Å². The maximum atomic E-state index is 14.1. The summed E-state index contributed by atoms with van der Waals surface area (Å²) >= 11 is 0. The van der Waals surface area contributed by atoms with Crippen LogP contribution in [0.4, 0.5) is 4.39 Å². The van der Waals surface area contributed by atoms with Crippen molar-refractivity contribution in [3.63, 3.8) is 0 Å². The quantitative estimate of drug-likeness (QED) is 0.829. The van der Waals surface area contributed by atoms with Gasteiger partial charge in [-0.05, 0) is 45.2 Å². The molecule has 2 rings (SSSR count). The van der Waals surface area contributed by atoms with E-state index >= 15 is 0 Å². The topological polar surface area (TPSA) is 30.5 Å². The van der Waals surface area contributed by atoms with E-state index in [1.807, 2.05) is 13.0 Å². The highest BCUT2D eigenvalue weighted by atomic mass is 19.1. The van der Waals surface area contributed by atoms with Gasteiger partial charge in [0.25, 0.3) is 0 Å². The minimum atomic E-state index is -0.215. The zero-order valence-electron chi connectivity index (χ0n) is 13.0. The molecule has 0 radical (unpaired) electrons. The Morgan fingerprint density at radius 3 is 2.95 bits per heavy atom. The molecule has 4 heteroatoms. The lowest BCUT2D eigenvalue weighted by Crippen LogP contribution is -2.25. The molecule has 0 amide bonds. The van der Waals surface area contributed by atoms with E-state index < -0.39 is 0 Å². The maximum absolute atomic E-state index is 14.1. The fourth-order valence-electron chi connectivity index (χ4n) is 2.55. The molecule has 0 spiro atoms. The number of rotatable bonds is 7. The number of benzene rings is 1. The van der Waals surface area contributed by atoms with Crippen LogP contribution in [0.1, 0.15) is 51.1 Å². The van der Waals surface area contributed by atoms with Gasteiger partial charge in [0.1, 0.15) is 18.2 Å². The first-order chi connectivity index (χ1) is 10.2. The maximum Gasteiger partial charge on any atom is 0.131 e. The second-order valence-electron chi connectivity index (χ2n) is 5.66. The number of nitrogens with one attached hydrogen (secondary N) is 1. The summed E-state index contributed by atoms with van der Waals surface area (Å²) in [7, 11) is 0. The van der Waals surface area contributed by atoms with Crippen LogP contribution in [0.5, 0.6) is 5.75 Å². The lowest BCUT2D eigenvalue weighted by molar-refractivity contribution is -0.0111. The van der Waals surface area contributed by atoms with Crippen LogP contribution in [0.25, 0.3) is 0 Å². The monoisotopic (exact) mass is 295 g/mol. The molecule has 1 aromatic carbocycles. The van der Waals surface area contributed by atoms with Gasteiger partial charge in [0, 0.05) is 24.3 Å². The summed E-state index contributed by atoms with van der Waals surface area (Å²) in [5, 5.41) is 3.29. The third kappa shape index (κ3) is 4.97. The van der Waals surface area contributed by atoms with Gasteiger partial charge in [-0.25, -0.2) is 4.39 Å². The number of hydrogen-bond acceptors (Lipinski definition) is 3. The van der Waals surface area contributed by atoms with Crippen LogP contribution in [0.2, 0.25) is 0 Å². The molecule has 118 valence electrons. The first-order valence-electron chi connectivity index (χ1n) is 7.98. The van der Waals surface area contributed by atoms with Crippen molar-refractivity contribution in [1.29, 1.82) is 0 Å². The highest BCUT2D eigenvalue weighted by Gasteiger charge is 2.15. The van der Waals surface area contributed by atoms with E-state index in [0.717, 1.165) is 32.4 Å². The van der Waals surface area contributed by atoms with Crippen molar-refractivity contribution in [1.82, 2.24) is 5.32 Å². The largest absolute Gasteiger partial charge is 0.491 e. The minimum Gasteiger partial charge on any atom is -0.491 e. The van der Waals surface area contributed by atoms with Gasteiger partial charge in [-0.3, -0.25) is 0 Å². The molecular formula is C17H26FNO2. The summed E-state index contributed by atoms with van der Waals surface area (Å²) in [5.74, 6) is 0.362. The molecule has 2 unspecified atom stereocenters. The molecule has 3 nitrogen and oxygen atoms in total. The minimum absolute atomic E-state index is 0.0145. The normalized spacial score (nSPS) is 20.2. The van der Waals surface area contributed by atoms with Crippen molar-refractivity contribution >= 4 is 0 Å². The van der Waals surface area contributed by atoms with Crippen molar-refractivity contribution in [2.24, 2.45) is 0 Å². The average Bonchev–Trinajstić information content (AvgIpc) is 2.51. The number of hydrogen-bond donors (Lipinski definition) is 1. The van der Waals surface area contributed by atoms with Crippen LogP contribution in [-0.2, 0) is 4.74 Å². The lowest BCUT2D eigenvalue weighted by atomic mass is 10.1. The van der Waals surface area contributed by atoms with E-state index in [4.69, 9.17) is 9.47 Å². The molecule has 1 aliphatic heterocycles. The van der Waals surface area contributed by atoms with Gasteiger partial charge in [-0.2, -0.15) is 0 Å². The molecule has 1 fully saturated rings. The van der Waals surface area contributed by atoms with Crippen molar-refractivity contribution < 1.29 is 13.9 Å². The highest BCUT2D eigenvalue weighted by molar-refractivity contribution is 5.30. The smallest absolute Gasteiger partial charge is 0.131 e. The van der Waals surface area contributed by atoms with Gasteiger partial charge < -0.3 is 14.8 Å². The Hall–Kier alpha value is -1.13. The van der Waals surface area contributed by atoms with Crippen LogP contribution in [0, 0.1) is 5.82 Å². The molecule has 1 N–H and O–H groups in total. The second kappa shape index (κ2) is 8.35. The Morgan fingerprint density at radius 2 is 2.29 bits per heavy atom. The highest BCUT2D eigenvalue weighted by Crippen LogP contribution is 2.23. The van der Waals surface area contributed by atoms with E-state index in [9.17, 15) is 4.39 Å². The summed E-state index contributed by atoms with van der Waals surface area (Å²) < 4.78 is 25.4. The van der Waals surface area contributed by atoms with Crippen LogP contribution < -0.4 is 10.1 Å².